The van der Waals surface area contributed by atoms with Crippen molar-refractivity contribution in [1.82, 2.24) is 4.90 Å². The average Bonchev–Trinajstić information content (AvgIpc) is 2.83. The van der Waals surface area contributed by atoms with Gasteiger partial charge in [0.05, 0.1) is 16.0 Å². The quantitative estimate of drug-likeness (QED) is 0.908. The summed E-state index contributed by atoms with van der Waals surface area (Å²) in [5, 5.41) is 0. The van der Waals surface area contributed by atoms with Crippen LogP contribution in [-0.2, 0) is 11.3 Å². The number of ether oxygens (including phenoxy) is 1. The van der Waals surface area contributed by atoms with Crippen LogP contribution in [0.3, 0.4) is 0 Å². The van der Waals surface area contributed by atoms with Gasteiger partial charge in [-0.05, 0) is 32.0 Å². The van der Waals surface area contributed by atoms with Crippen LogP contribution in [0.5, 0.6) is 0 Å². The minimum Gasteiger partial charge on any atom is -0.379 e. The summed E-state index contributed by atoms with van der Waals surface area (Å²) in [5.74, 6) is 0. The van der Waals surface area contributed by atoms with E-state index >= 15 is 0 Å². The van der Waals surface area contributed by atoms with Gasteiger partial charge >= 0.3 is 0 Å². The molecule has 0 radical (unpaired) electrons. The molecule has 1 fully saturated rings. The average molecular weight is 303 g/mol. The topological polar surface area (TPSA) is 38.5 Å². The van der Waals surface area contributed by atoms with Crippen LogP contribution in [-0.4, -0.2) is 37.2 Å². The van der Waals surface area contributed by atoms with Crippen molar-refractivity contribution >= 4 is 22.9 Å². The van der Waals surface area contributed by atoms with Crippen molar-refractivity contribution in [1.29, 1.82) is 0 Å². The van der Waals surface area contributed by atoms with Crippen LogP contribution >= 0.6 is 22.9 Å². The molecule has 19 heavy (non-hydrogen) atoms. The standard InChI is InChI=1S/C14H23ClN2OS/c1-17(9-11-6-7-13(15)19-11)14(10-16)8-4-3-5-12(14)18-2/h6-7,12H,3-5,8-10,16H2,1-2H3. The van der Waals surface area contributed by atoms with E-state index in [-0.39, 0.29) is 11.6 Å². The van der Waals surface area contributed by atoms with Crippen molar-refractivity contribution < 1.29 is 4.74 Å². The first kappa shape index (κ1) is 15.3. The van der Waals surface area contributed by atoms with E-state index in [0.717, 1.165) is 23.7 Å². The van der Waals surface area contributed by atoms with Crippen molar-refractivity contribution in [3.63, 3.8) is 0 Å². The lowest BCUT2D eigenvalue weighted by Gasteiger charge is -2.48. The van der Waals surface area contributed by atoms with Gasteiger partial charge in [-0.2, -0.15) is 0 Å². The smallest absolute Gasteiger partial charge is 0.0931 e. The van der Waals surface area contributed by atoms with E-state index in [9.17, 15) is 0 Å². The van der Waals surface area contributed by atoms with Crippen molar-refractivity contribution in [3.05, 3.63) is 21.3 Å². The molecule has 2 N–H and O–H groups in total. The molecule has 108 valence electrons. The van der Waals surface area contributed by atoms with E-state index in [1.807, 2.05) is 6.07 Å². The molecular formula is C14H23ClN2OS. The van der Waals surface area contributed by atoms with Gasteiger partial charge in [0.2, 0.25) is 0 Å². The Morgan fingerprint density at radius 3 is 2.89 bits per heavy atom. The Morgan fingerprint density at radius 2 is 2.32 bits per heavy atom. The number of halogens is 1. The maximum absolute atomic E-state index is 6.12. The van der Waals surface area contributed by atoms with Gasteiger partial charge in [-0.25, -0.2) is 0 Å². The first-order chi connectivity index (χ1) is 9.12. The van der Waals surface area contributed by atoms with E-state index in [4.69, 9.17) is 22.1 Å². The molecule has 0 aliphatic heterocycles. The summed E-state index contributed by atoms with van der Waals surface area (Å²) >= 11 is 7.64. The van der Waals surface area contributed by atoms with Crippen LogP contribution in [0.4, 0.5) is 0 Å². The number of nitrogens with two attached hydrogens (primary N) is 1. The molecule has 1 aromatic heterocycles. The molecular weight excluding hydrogens is 280 g/mol. The van der Waals surface area contributed by atoms with E-state index in [2.05, 4.69) is 18.0 Å². The molecule has 1 aliphatic rings. The van der Waals surface area contributed by atoms with Crippen LogP contribution in [0.15, 0.2) is 12.1 Å². The summed E-state index contributed by atoms with van der Waals surface area (Å²) in [6.45, 7) is 1.52. The SMILES string of the molecule is COC1CCCCC1(CN)N(C)Cc1ccc(Cl)s1. The van der Waals surface area contributed by atoms with Crippen LogP contribution in [0.1, 0.15) is 30.6 Å². The van der Waals surface area contributed by atoms with Gasteiger partial charge in [0.1, 0.15) is 0 Å². The summed E-state index contributed by atoms with van der Waals surface area (Å²) in [6.07, 6.45) is 4.90. The Labute approximate surface area is 124 Å². The fraction of sp³-hybridized carbons (Fsp3) is 0.714. The zero-order chi connectivity index (χ0) is 13.9. The van der Waals surface area contributed by atoms with Gasteiger partial charge in [-0.1, -0.05) is 24.4 Å². The Bertz CT molecular complexity index is 412. The first-order valence-corrected chi connectivity index (χ1v) is 8.00. The fourth-order valence-electron chi connectivity index (χ4n) is 3.18. The van der Waals surface area contributed by atoms with E-state index in [1.165, 1.54) is 17.7 Å². The fourth-order valence-corrected chi connectivity index (χ4v) is 4.32. The van der Waals surface area contributed by atoms with E-state index in [0.29, 0.717) is 6.54 Å². The normalized spacial score (nSPS) is 27.9. The maximum Gasteiger partial charge on any atom is 0.0931 e. The second kappa shape index (κ2) is 6.55. The molecule has 0 aromatic carbocycles. The Balaban J connectivity index is 2.14. The summed E-state index contributed by atoms with van der Waals surface area (Å²) < 4.78 is 6.56. The van der Waals surface area contributed by atoms with Crippen molar-refractivity contribution in [2.24, 2.45) is 5.73 Å². The highest BCUT2D eigenvalue weighted by Gasteiger charge is 2.43. The predicted molar refractivity (Wildman–Crippen MR) is 81.8 cm³/mol. The number of hydrogen-bond acceptors (Lipinski definition) is 4. The van der Waals surface area contributed by atoms with E-state index < -0.39 is 0 Å². The zero-order valence-electron chi connectivity index (χ0n) is 11.7. The van der Waals surface area contributed by atoms with Crippen LogP contribution in [0, 0.1) is 0 Å². The molecule has 5 heteroatoms. The zero-order valence-corrected chi connectivity index (χ0v) is 13.3. The number of rotatable bonds is 5. The van der Waals surface area contributed by atoms with Gasteiger partial charge in [0.25, 0.3) is 0 Å². The highest BCUT2D eigenvalue weighted by Crippen LogP contribution is 2.36. The molecule has 0 bridgehead atoms. The van der Waals surface area contributed by atoms with Crippen molar-refractivity contribution in [3.8, 4) is 0 Å². The van der Waals surface area contributed by atoms with Crippen LogP contribution in [0.2, 0.25) is 4.34 Å². The third kappa shape index (κ3) is 3.14. The molecule has 2 atom stereocenters. The molecule has 2 unspecified atom stereocenters. The summed E-state index contributed by atoms with van der Waals surface area (Å²) in [7, 11) is 3.95. The minimum atomic E-state index is -0.0382. The highest BCUT2D eigenvalue weighted by molar-refractivity contribution is 7.16. The van der Waals surface area contributed by atoms with Gasteiger partial charge in [-0.3, -0.25) is 4.90 Å². The van der Waals surface area contributed by atoms with Gasteiger partial charge < -0.3 is 10.5 Å². The van der Waals surface area contributed by atoms with Crippen molar-refractivity contribution in [2.45, 2.75) is 43.9 Å². The van der Waals surface area contributed by atoms with Crippen molar-refractivity contribution in [2.75, 3.05) is 20.7 Å². The second-order valence-electron chi connectivity index (χ2n) is 5.34. The monoisotopic (exact) mass is 302 g/mol. The second-order valence-corrected chi connectivity index (χ2v) is 7.14. The largest absolute Gasteiger partial charge is 0.379 e. The number of thiophene rings is 1. The molecule has 1 aromatic rings. The minimum absolute atomic E-state index is 0.0382. The highest BCUT2D eigenvalue weighted by atomic mass is 35.5. The number of nitrogens with zero attached hydrogens (tertiary/aromatic N) is 1. The third-order valence-corrected chi connectivity index (χ3v) is 5.56. The van der Waals surface area contributed by atoms with Gasteiger partial charge in [0, 0.05) is 25.1 Å². The Hall–Kier alpha value is -0.130. The lowest BCUT2D eigenvalue weighted by molar-refractivity contribution is -0.0685. The van der Waals surface area contributed by atoms with Crippen LogP contribution < -0.4 is 5.73 Å². The Kier molecular flexibility index (Phi) is 5.26. The van der Waals surface area contributed by atoms with Gasteiger partial charge in [-0.15, -0.1) is 11.3 Å². The number of methoxy groups -OCH3 is 1. The third-order valence-electron chi connectivity index (χ3n) is 4.35. The molecule has 1 saturated carbocycles. The Morgan fingerprint density at radius 1 is 1.53 bits per heavy atom. The maximum atomic E-state index is 6.12. The van der Waals surface area contributed by atoms with E-state index in [1.54, 1.807) is 18.4 Å². The summed E-state index contributed by atoms with van der Waals surface area (Å²) in [6, 6.07) is 4.05. The molecule has 0 amide bonds. The summed E-state index contributed by atoms with van der Waals surface area (Å²) in [4.78, 5) is 3.64. The van der Waals surface area contributed by atoms with Gasteiger partial charge in [0.15, 0.2) is 0 Å². The van der Waals surface area contributed by atoms with Crippen LogP contribution in [0.25, 0.3) is 0 Å². The molecule has 1 aliphatic carbocycles. The molecule has 0 spiro atoms. The lowest BCUT2D eigenvalue weighted by Crippen LogP contribution is -2.61. The number of likely N-dealkylation sites (N-methyl/N-ethyl adjacent to an activating group) is 1. The first-order valence-electron chi connectivity index (χ1n) is 6.80. The molecule has 1 heterocycles. The molecule has 3 nitrogen and oxygen atoms in total. The molecule has 2 rings (SSSR count). The summed E-state index contributed by atoms with van der Waals surface area (Å²) in [5.41, 5.74) is 6.08. The molecule has 0 saturated heterocycles. The lowest BCUT2D eigenvalue weighted by atomic mass is 9.77. The predicted octanol–water partition coefficient (Wildman–Crippen LogP) is 3.12. The number of hydrogen-bond donors (Lipinski definition) is 1.